The summed E-state index contributed by atoms with van der Waals surface area (Å²) in [6.07, 6.45) is 1.76. The van der Waals surface area contributed by atoms with Gasteiger partial charge in [-0.25, -0.2) is 0 Å². The number of hydrogen-bond donors (Lipinski definition) is 2. The maximum Gasteiger partial charge on any atom is 0.311 e. The summed E-state index contributed by atoms with van der Waals surface area (Å²) < 4.78 is 0. The van der Waals surface area contributed by atoms with Crippen molar-refractivity contribution in [1.29, 1.82) is 0 Å². The monoisotopic (exact) mass is 438 g/mol. The van der Waals surface area contributed by atoms with E-state index in [0.29, 0.717) is 12.0 Å². The highest BCUT2D eigenvalue weighted by Gasteiger charge is 2.20. The number of benzene rings is 3. The number of aromatic hydroxyl groups is 2. The first kappa shape index (κ1) is 22.3. The van der Waals surface area contributed by atoms with Gasteiger partial charge in [0.1, 0.15) is 5.69 Å². The van der Waals surface area contributed by atoms with Crippen molar-refractivity contribution in [1.82, 2.24) is 0 Å². The highest BCUT2D eigenvalue weighted by Crippen LogP contribution is 2.39. The molecule has 0 aliphatic heterocycles. The molecular formula is C24H23ClN2O4. The molecule has 0 spiro atoms. The molecule has 6 nitrogen and oxygen atoms in total. The molecule has 0 aliphatic carbocycles. The number of rotatable bonds is 5. The van der Waals surface area contributed by atoms with Crippen LogP contribution >= 0.6 is 11.6 Å². The number of nitro benzene ring substituents is 1. The van der Waals surface area contributed by atoms with Gasteiger partial charge < -0.3 is 10.2 Å². The van der Waals surface area contributed by atoms with E-state index in [9.17, 15) is 20.3 Å². The van der Waals surface area contributed by atoms with E-state index in [1.165, 1.54) is 12.3 Å². The van der Waals surface area contributed by atoms with Crippen molar-refractivity contribution in [2.75, 3.05) is 0 Å². The maximum atomic E-state index is 11.5. The van der Waals surface area contributed by atoms with Crippen LogP contribution in [0.3, 0.4) is 0 Å². The molecule has 0 saturated carbocycles. The SMILES string of the molecule is CC(C)(C)c1cc(Cl)c(O)c(N=Cc2cc(Cc3ccccc3)cc([N+](=O)[O-])c2O)c1. The van der Waals surface area contributed by atoms with E-state index in [4.69, 9.17) is 11.6 Å². The molecule has 31 heavy (non-hydrogen) atoms. The van der Waals surface area contributed by atoms with E-state index in [1.54, 1.807) is 18.2 Å². The lowest BCUT2D eigenvalue weighted by molar-refractivity contribution is -0.385. The second-order valence-corrected chi connectivity index (χ2v) is 8.71. The van der Waals surface area contributed by atoms with Crippen LogP contribution in [-0.4, -0.2) is 21.4 Å². The van der Waals surface area contributed by atoms with Crippen LogP contribution in [0.5, 0.6) is 11.5 Å². The van der Waals surface area contributed by atoms with Crippen molar-refractivity contribution in [2.24, 2.45) is 4.99 Å². The Kier molecular flexibility index (Phi) is 6.32. The predicted octanol–water partition coefficient (Wildman–Crippen LogP) is 6.30. The fourth-order valence-electron chi connectivity index (χ4n) is 3.13. The highest BCUT2D eigenvalue weighted by atomic mass is 35.5. The Balaban J connectivity index is 2.05. The number of halogens is 1. The van der Waals surface area contributed by atoms with Crippen molar-refractivity contribution >= 4 is 29.2 Å². The molecule has 0 amide bonds. The largest absolute Gasteiger partial charge is 0.504 e. The van der Waals surface area contributed by atoms with Gasteiger partial charge >= 0.3 is 5.69 Å². The van der Waals surface area contributed by atoms with Gasteiger partial charge in [0.2, 0.25) is 5.75 Å². The fourth-order valence-corrected chi connectivity index (χ4v) is 3.34. The second kappa shape index (κ2) is 8.78. The predicted molar refractivity (Wildman–Crippen MR) is 123 cm³/mol. The van der Waals surface area contributed by atoms with Crippen molar-refractivity contribution in [3.05, 3.63) is 92.0 Å². The fraction of sp³-hybridized carbons (Fsp3) is 0.208. The number of nitro groups is 1. The van der Waals surface area contributed by atoms with E-state index < -0.39 is 16.4 Å². The Bertz CT molecular complexity index is 1150. The number of hydrogen-bond acceptors (Lipinski definition) is 5. The van der Waals surface area contributed by atoms with Crippen molar-refractivity contribution in [2.45, 2.75) is 32.6 Å². The molecule has 0 aliphatic rings. The second-order valence-electron chi connectivity index (χ2n) is 8.31. The van der Waals surface area contributed by atoms with E-state index >= 15 is 0 Å². The van der Waals surface area contributed by atoms with Crippen LogP contribution in [-0.2, 0) is 11.8 Å². The first-order valence-corrected chi connectivity index (χ1v) is 10.1. The first-order valence-electron chi connectivity index (χ1n) is 9.67. The smallest absolute Gasteiger partial charge is 0.311 e. The van der Waals surface area contributed by atoms with Gasteiger partial charge in [0.05, 0.1) is 9.95 Å². The summed E-state index contributed by atoms with van der Waals surface area (Å²) in [5.74, 6) is -0.677. The zero-order valence-corrected chi connectivity index (χ0v) is 18.2. The van der Waals surface area contributed by atoms with Crippen molar-refractivity contribution < 1.29 is 15.1 Å². The Morgan fingerprint density at radius 2 is 1.71 bits per heavy atom. The van der Waals surface area contributed by atoms with E-state index in [-0.39, 0.29) is 27.4 Å². The topological polar surface area (TPSA) is 96.0 Å². The summed E-state index contributed by atoms with van der Waals surface area (Å²) >= 11 is 6.16. The molecule has 0 unspecified atom stereocenters. The van der Waals surface area contributed by atoms with Gasteiger partial charge in [-0.3, -0.25) is 15.1 Å². The lowest BCUT2D eigenvalue weighted by Crippen LogP contribution is -2.10. The minimum absolute atomic E-state index is 0.160. The minimum atomic E-state index is -0.629. The Labute approximate surface area is 185 Å². The van der Waals surface area contributed by atoms with Crippen LogP contribution in [0, 0.1) is 10.1 Å². The molecule has 0 fully saturated rings. The van der Waals surface area contributed by atoms with Crippen molar-refractivity contribution in [3.8, 4) is 11.5 Å². The van der Waals surface area contributed by atoms with Gasteiger partial charge in [-0.1, -0.05) is 62.7 Å². The van der Waals surface area contributed by atoms with Gasteiger partial charge in [-0.2, -0.15) is 0 Å². The summed E-state index contributed by atoms with van der Waals surface area (Å²) in [6, 6.07) is 15.9. The van der Waals surface area contributed by atoms with Crippen molar-refractivity contribution in [3.63, 3.8) is 0 Å². The molecule has 160 valence electrons. The van der Waals surface area contributed by atoms with Gasteiger partial charge in [0, 0.05) is 17.8 Å². The standard InChI is InChI=1S/C24H23ClN2O4/c1-24(2,3)18-12-19(25)23(29)20(13-18)26-14-17-10-16(9-15-7-5-4-6-8-15)11-21(22(17)28)27(30)31/h4-8,10-14,28-29H,9H2,1-3H3. The third kappa shape index (κ3) is 5.22. The summed E-state index contributed by atoms with van der Waals surface area (Å²) in [5, 5.41) is 32.3. The maximum absolute atomic E-state index is 11.5. The number of nitrogens with zero attached hydrogens (tertiary/aromatic N) is 2. The Hall–Kier alpha value is -3.38. The van der Waals surface area contributed by atoms with E-state index in [0.717, 1.165) is 11.1 Å². The van der Waals surface area contributed by atoms with Crippen LogP contribution in [0.15, 0.2) is 59.6 Å². The highest BCUT2D eigenvalue weighted by molar-refractivity contribution is 6.32. The molecule has 7 heteroatoms. The van der Waals surface area contributed by atoms with Gasteiger partial charge in [-0.05, 0) is 46.7 Å². The third-order valence-electron chi connectivity index (χ3n) is 4.88. The summed E-state index contributed by atoms with van der Waals surface area (Å²) in [7, 11) is 0. The lowest BCUT2D eigenvalue weighted by Gasteiger charge is -2.20. The number of phenolic OH excluding ortho intramolecular Hbond substituents is 2. The molecule has 0 saturated heterocycles. The summed E-state index contributed by atoms with van der Waals surface area (Å²) in [4.78, 5) is 15.1. The van der Waals surface area contributed by atoms with Crippen LogP contribution in [0.2, 0.25) is 5.02 Å². The Morgan fingerprint density at radius 3 is 2.32 bits per heavy atom. The van der Waals surface area contributed by atoms with Crippen LogP contribution in [0.25, 0.3) is 0 Å². The van der Waals surface area contributed by atoms with E-state index in [1.807, 2.05) is 51.1 Å². The van der Waals surface area contributed by atoms with Crippen LogP contribution < -0.4 is 0 Å². The molecule has 0 bridgehead atoms. The quantitative estimate of drug-likeness (QED) is 0.277. The zero-order valence-electron chi connectivity index (χ0n) is 17.5. The molecule has 3 rings (SSSR count). The zero-order chi connectivity index (χ0) is 22.8. The van der Waals surface area contributed by atoms with Gasteiger partial charge in [0.25, 0.3) is 0 Å². The average Bonchev–Trinajstić information content (AvgIpc) is 2.70. The average molecular weight is 439 g/mol. The number of phenols is 2. The normalized spacial score (nSPS) is 11.7. The molecule has 3 aromatic carbocycles. The lowest BCUT2D eigenvalue weighted by atomic mass is 9.87. The molecule has 2 N–H and O–H groups in total. The van der Waals surface area contributed by atoms with Gasteiger partial charge in [-0.15, -0.1) is 0 Å². The molecular weight excluding hydrogens is 416 g/mol. The number of aliphatic imine (C=N–C) groups is 1. The third-order valence-corrected chi connectivity index (χ3v) is 5.17. The first-order chi connectivity index (χ1) is 14.6. The summed E-state index contributed by atoms with van der Waals surface area (Å²) in [6.45, 7) is 6.02. The molecule has 0 aromatic heterocycles. The molecule has 0 atom stereocenters. The van der Waals surface area contributed by atoms with Crippen LogP contribution in [0.1, 0.15) is 43.0 Å². The Morgan fingerprint density at radius 1 is 1.03 bits per heavy atom. The van der Waals surface area contributed by atoms with E-state index in [2.05, 4.69) is 4.99 Å². The molecule has 0 heterocycles. The van der Waals surface area contributed by atoms with Crippen LogP contribution in [0.4, 0.5) is 11.4 Å². The van der Waals surface area contributed by atoms with Gasteiger partial charge in [0.15, 0.2) is 5.75 Å². The minimum Gasteiger partial charge on any atom is -0.504 e. The summed E-state index contributed by atoms with van der Waals surface area (Å²) in [5.41, 5.74) is 2.27. The molecule has 0 radical (unpaired) electrons. The molecule has 3 aromatic rings.